The number of hydrogen-bond acceptors (Lipinski definition) is 14. The maximum atomic E-state index is 13.2. The average Bonchev–Trinajstić information content (AvgIpc) is 3.32. The van der Waals surface area contributed by atoms with Gasteiger partial charge in [-0.15, -0.1) is 15.6 Å². The summed E-state index contributed by atoms with van der Waals surface area (Å²) in [5, 5.41) is 50.9. The fraction of sp³-hybridized carbons (Fsp3) is 0.429. The third kappa shape index (κ3) is 6.61. The topological polar surface area (TPSA) is 308 Å². The molecule has 2 aliphatic rings. The summed E-state index contributed by atoms with van der Waals surface area (Å²) in [6.45, 7) is -0.994. The number of nitrogens with one attached hydrogen (secondary N) is 3. The van der Waals surface area contributed by atoms with Gasteiger partial charge >= 0.3 is 22.3 Å². The molecule has 1 aliphatic heterocycles. The lowest BCUT2D eigenvalue weighted by molar-refractivity contribution is -0.178. The fourth-order valence-corrected chi connectivity index (χ4v) is 5.72. The second-order valence-corrected chi connectivity index (χ2v) is 11.7. The molecule has 3 amide bonds. The molecule has 1 aliphatic carbocycles. The number of anilines is 1. The van der Waals surface area contributed by atoms with Gasteiger partial charge in [0.15, 0.2) is 16.6 Å². The van der Waals surface area contributed by atoms with E-state index in [2.05, 4.69) is 26.1 Å². The standard InChI is InChI=1S/C21H26N8O12S2/c22-19-25-10(8-42-19)14(27-41-21(18(34)35)2-1-3-21)16(32)26-15-11(29(17(15)33)43(38,39)40)6-24-20(36)23-5-9-4-12(30)13(31)7-28(9)37/h4,7-8,11,15,17,31,33,37H,1-3,5-6H2,(H2,22,25)(H,26,32)(H,34,35)(H2,23,24,36)(H,38,39,40). The average molecular weight is 647 g/mol. The first-order valence-electron chi connectivity index (χ1n) is 12.2. The van der Waals surface area contributed by atoms with Gasteiger partial charge in [0.25, 0.3) is 5.91 Å². The lowest BCUT2D eigenvalue weighted by Gasteiger charge is -2.49. The van der Waals surface area contributed by atoms with Gasteiger partial charge in [0, 0.05) is 30.8 Å². The highest BCUT2D eigenvalue weighted by Crippen LogP contribution is 2.36. The summed E-state index contributed by atoms with van der Waals surface area (Å²) in [6.07, 6.45) is -0.480. The van der Waals surface area contributed by atoms with Crippen molar-refractivity contribution in [2.75, 3.05) is 12.3 Å². The number of nitrogens with zero attached hydrogens (tertiary/aromatic N) is 4. The van der Waals surface area contributed by atoms with E-state index in [1.54, 1.807) is 0 Å². The smallest absolute Gasteiger partial charge is 0.350 e. The highest BCUT2D eigenvalue weighted by molar-refractivity contribution is 7.83. The molecular weight excluding hydrogens is 620 g/mol. The lowest BCUT2D eigenvalue weighted by Crippen LogP contribution is -2.76. The molecule has 2 fully saturated rings. The van der Waals surface area contributed by atoms with Gasteiger partial charge in [0.05, 0.1) is 30.5 Å². The molecule has 4 rings (SSSR count). The molecule has 3 heterocycles. The number of carboxylic acid groups (broad SMARTS) is 1. The van der Waals surface area contributed by atoms with E-state index in [4.69, 9.17) is 10.6 Å². The number of nitrogen functional groups attached to an aromatic ring is 1. The van der Waals surface area contributed by atoms with Gasteiger partial charge in [-0.05, 0) is 6.42 Å². The minimum absolute atomic E-state index is 0.0342. The Hall–Kier alpha value is -4.51. The first-order valence-corrected chi connectivity index (χ1v) is 14.5. The summed E-state index contributed by atoms with van der Waals surface area (Å²) in [6, 6.07) is -2.97. The van der Waals surface area contributed by atoms with Crippen LogP contribution in [0.3, 0.4) is 0 Å². The van der Waals surface area contributed by atoms with E-state index >= 15 is 0 Å². The van der Waals surface area contributed by atoms with Crippen molar-refractivity contribution < 1.29 is 52.7 Å². The number of aliphatic carboxylic acids is 1. The van der Waals surface area contributed by atoms with Gasteiger partial charge in [-0.2, -0.15) is 13.1 Å². The molecule has 2 aromatic rings. The van der Waals surface area contributed by atoms with Crippen molar-refractivity contribution in [2.45, 2.75) is 49.7 Å². The van der Waals surface area contributed by atoms with E-state index in [9.17, 15) is 52.7 Å². The first kappa shape index (κ1) is 31.4. The zero-order chi connectivity index (χ0) is 31.7. The van der Waals surface area contributed by atoms with Gasteiger partial charge in [-0.3, -0.25) is 14.1 Å². The van der Waals surface area contributed by atoms with Crippen LogP contribution in [0.5, 0.6) is 5.75 Å². The second kappa shape index (κ2) is 12.0. The Labute approximate surface area is 245 Å². The van der Waals surface area contributed by atoms with Gasteiger partial charge < -0.3 is 47.0 Å². The van der Waals surface area contributed by atoms with Crippen LogP contribution in [0.15, 0.2) is 27.6 Å². The number of aromatic nitrogens is 2. The van der Waals surface area contributed by atoms with Crippen LogP contribution in [0.25, 0.3) is 0 Å². The summed E-state index contributed by atoms with van der Waals surface area (Å²) >= 11 is 0.932. The summed E-state index contributed by atoms with van der Waals surface area (Å²) in [5.74, 6) is -3.11. The highest BCUT2D eigenvalue weighted by Gasteiger charge is 2.55. The van der Waals surface area contributed by atoms with Crippen molar-refractivity contribution in [3.8, 4) is 5.75 Å². The number of aliphatic hydroxyl groups excluding tert-OH is 1. The highest BCUT2D eigenvalue weighted by atomic mass is 32.2. The van der Waals surface area contributed by atoms with E-state index in [0.717, 1.165) is 17.4 Å². The Bertz CT molecular complexity index is 1620. The summed E-state index contributed by atoms with van der Waals surface area (Å²) in [5.41, 5.74) is 2.40. The predicted molar refractivity (Wildman–Crippen MR) is 143 cm³/mol. The largest absolute Gasteiger partial charge is 0.503 e. The van der Waals surface area contributed by atoms with Crippen LogP contribution in [-0.2, 0) is 31.3 Å². The van der Waals surface area contributed by atoms with E-state index in [1.165, 1.54) is 5.38 Å². The van der Waals surface area contributed by atoms with Gasteiger partial charge in [-0.1, -0.05) is 5.16 Å². The normalized spacial score (nSPS) is 21.6. The number of carbonyl (C=O) groups is 3. The number of aliphatic hydroxyl groups is 1. The number of amides is 3. The third-order valence-electron chi connectivity index (χ3n) is 6.72. The number of rotatable bonds is 11. The maximum Gasteiger partial charge on any atom is 0.350 e. The van der Waals surface area contributed by atoms with Gasteiger partial charge in [0.2, 0.25) is 11.0 Å². The molecule has 3 atom stereocenters. The predicted octanol–water partition coefficient (Wildman–Crippen LogP) is -2.65. The molecule has 0 spiro atoms. The van der Waals surface area contributed by atoms with Crippen LogP contribution in [0.4, 0.5) is 9.93 Å². The number of urea groups is 1. The summed E-state index contributed by atoms with van der Waals surface area (Å²) in [7, 11) is -5.04. The Morgan fingerprint density at radius 3 is 2.53 bits per heavy atom. The Morgan fingerprint density at radius 1 is 1.28 bits per heavy atom. The van der Waals surface area contributed by atoms with Crippen LogP contribution in [0.2, 0.25) is 0 Å². The molecule has 10 N–H and O–H groups in total. The van der Waals surface area contributed by atoms with E-state index in [-0.39, 0.29) is 33.7 Å². The minimum Gasteiger partial charge on any atom is -0.503 e. The Morgan fingerprint density at radius 2 is 1.98 bits per heavy atom. The molecular formula is C21H26N8O12S2. The van der Waals surface area contributed by atoms with Crippen LogP contribution in [0.1, 0.15) is 30.7 Å². The van der Waals surface area contributed by atoms with Crippen LogP contribution in [-0.4, -0.2) is 102 Å². The van der Waals surface area contributed by atoms with Crippen molar-refractivity contribution in [1.82, 2.24) is 30.0 Å². The third-order valence-corrected chi connectivity index (χ3v) is 8.41. The van der Waals surface area contributed by atoms with Crippen LogP contribution < -0.4 is 27.1 Å². The summed E-state index contributed by atoms with van der Waals surface area (Å²) in [4.78, 5) is 57.9. The Balaban J connectivity index is 1.47. The fourth-order valence-electron chi connectivity index (χ4n) is 4.22. The molecule has 43 heavy (non-hydrogen) atoms. The maximum absolute atomic E-state index is 13.2. The number of thiazole rings is 1. The minimum atomic E-state index is -5.04. The number of pyridine rings is 1. The number of oxime groups is 1. The quantitative estimate of drug-likeness (QED) is 0.0521. The second-order valence-electron chi connectivity index (χ2n) is 9.47. The van der Waals surface area contributed by atoms with Gasteiger partial charge in [0.1, 0.15) is 11.9 Å². The SMILES string of the molecule is Nc1nc(C(=NOC2(C(=O)O)CCC2)C(=O)NC2C(O)N(S(=O)(=O)O)C2CNC(=O)NCc2cc(=O)c(O)cn2O)cs1. The van der Waals surface area contributed by atoms with E-state index in [1.807, 2.05) is 0 Å². The molecule has 0 aromatic carbocycles. The van der Waals surface area contributed by atoms with Crippen molar-refractivity contribution in [3.63, 3.8) is 0 Å². The Kier molecular flexibility index (Phi) is 8.77. The molecule has 3 unspecified atom stereocenters. The number of nitrogens with two attached hydrogens (primary N) is 1. The zero-order valence-corrected chi connectivity index (χ0v) is 23.4. The monoisotopic (exact) mass is 646 g/mol. The van der Waals surface area contributed by atoms with Crippen molar-refractivity contribution in [3.05, 3.63) is 39.3 Å². The molecule has 0 radical (unpaired) electrons. The zero-order valence-electron chi connectivity index (χ0n) is 21.8. The molecule has 1 saturated carbocycles. The number of hydrogen-bond donors (Lipinski definition) is 9. The number of carbonyl (C=O) groups excluding carboxylic acids is 2. The molecule has 234 valence electrons. The van der Waals surface area contributed by atoms with Crippen molar-refractivity contribution >= 4 is 50.4 Å². The number of aromatic hydroxyl groups is 1. The van der Waals surface area contributed by atoms with Crippen LogP contribution in [0, 0.1) is 0 Å². The van der Waals surface area contributed by atoms with Crippen molar-refractivity contribution in [1.29, 1.82) is 0 Å². The van der Waals surface area contributed by atoms with E-state index < -0.39 is 82.1 Å². The number of carboxylic acids is 1. The molecule has 1 saturated heterocycles. The molecule has 0 bridgehead atoms. The summed E-state index contributed by atoms with van der Waals surface area (Å²) < 4.78 is 33.9. The van der Waals surface area contributed by atoms with E-state index in [0.29, 0.717) is 17.3 Å². The molecule has 22 heteroatoms. The van der Waals surface area contributed by atoms with Crippen LogP contribution >= 0.6 is 11.3 Å². The lowest BCUT2D eigenvalue weighted by atomic mass is 9.80. The first-order chi connectivity index (χ1) is 20.1. The van der Waals surface area contributed by atoms with Gasteiger partial charge in [-0.25, -0.2) is 14.6 Å². The van der Waals surface area contributed by atoms with Crippen molar-refractivity contribution in [2.24, 2.45) is 5.16 Å². The molecule has 20 nitrogen and oxygen atoms in total. The molecule has 2 aromatic heterocycles.